The zero-order valence-electron chi connectivity index (χ0n) is 16.7. The first-order valence-electron chi connectivity index (χ1n) is 9.66. The van der Waals surface area contributed by atoms with E-state index in [0.717, 1.165) is 27.9 Å². The first kappa shape index (κ1) is 20.6. The second kappa shape index (κ2) is 8.45. The minimum absolute atomic E-state index is 0.00797. The average Bonchev–Trinajstić information content (AvgIpc) is 2.64. The fourth-order valence-electron chi connectivity index (χ4n) is 3.61. The molecule has 1 heterocycles. The molecule has 0 radical (unpaired) electrons. The normalized spacial score (nSPS) is 16.1. The van der Waals surface area contributed by atoms with Crippen LogP contribution in [0.5, 0.6) is 0 Å². The van der Waals surface area contributed by atoms with Crippen LogP contribution in [0.2, 0.25) is 0 Å². The molecule has 0 aliphatic carbocycles. The van der Waals surface area contributed by atoms with Crippen LogP contribution in [0.4, 0.5) is 5.69 Å². The van der Waals surface area contributed by atoms with Gasteiger partial charge in [-0.2, -0.15) is 0 Å². The van der Waals surface area contributed by atoms with Gasteiger partial charge in [-0.05, 0) is 56.4 Å². The third kappa shape index (κ3) is 5.00. The van der Waals surface area contributed by atoms with Crippen LogP contribution >= 0.6 is 0 Å². The van der Waals surface area contributed by atoms with Crippen molar-refractivity contribution >= 4 is 21.6 Å². The van der Waals surface area contributed by atoms with E-state index in [9.17, 15) is 13.2 Å². The van der Waals surface area contributed by atoms with E-state index in [-0.39, 0.29) is 17.6 Å². The van der Waals surface area contributed by atoms with Crippen LogP contribution in [-0.4, -0.2) is 31.7 Å². The van der Waals surface area contributed by atoms with Crippen molar-refractivity contribution in [2.24, 2.45) is 5.92 Å². The summed E-state index contributed by atoms with van der Waals surface area (Å²) in [5.41, 5.74) is 4.80. The Morgan fingerprint density at radius 1 is 1.04 bits per heavy atom. The molecule has 5 nitrogen and oxygen atoms in total. The van der Waals surface area contributed by atoms with E-state index in [4.69, 9.17) is 0 Å². The summed E-state index contributed by atoms with van der Waals surface area (Å²) in [6.45, 7) is 6.69. The van der Waals surface area contributed by atoms with Gasteiger partial charge in [0.25, 0.3) is 0 Å². The van der Waals surface area contributed by atoms with Crippen LogP contribution in [0.25, 0.3) is 0 Å². The summed E-state index contributed by atoms with van der Waals surface area (Å²) in [6, 6.07) is 13.6. The number of piperidine rings is 1. The van der Waals surface area contributed by atoms with E-state index in [1.54, 1.807) is 0 Å². The Hall–Kier alpha value is -2.18. The molecule has 2 aromatic carbocycles. The molecule has 2 aromatic rings. The van der Waals surface area contributed by atoms with Gasteiger partial charge < -0.3 is 5.32 Å². The molecule has 6 heteroatoms. The van der Waals surface area contributed by atoms with Crippen LogP contribution in [0, 0.1) is 26.7 Å². The lowest BCUT2D eigenvalue weighted by Crippen LogP contribution is -2.41. The lowest BCUT2D eigenvalue weighted by molar-refractivity contribution is -0.120. The minimum atomic E-state index is -3.37. The van der Waals surface area contributed by atoms with Crippen LogP contribution in [0.1, 0.15) is 35.1 Å². The number of anilines is 1. The number of carbonyl (C=O) groups excluding carboxylic acids is 1. The first-order chi connectivity index (χ1) is 13.2. The van der Waals surface area contributed by atoms with Crippen LogP contribution in [0.3, 0.4) is 0 Å². The molecule has 1 aliphatic heterocycles. The van der Waals surface area contributed by atoms with Crippen molar-refractivity contribution in [3.63, 3.8) is 0 Å². The highest BCUT2D eigenvalue weighted by Gasteiger charge is 2.31. The number of nitrogens with one attached hydrogen (secondary N) is 1. The third-order valence-electron chi connectivity index (χ3n) is 5.30. The Kier molecular flexibility index (Phi) is 6.20. The Morgan fingerprint density at radius 2 is 1.71 bits per heavy atom. The number of sulfonamides is 1. The van der Waals surface area contributed by atoms with Crippen molar-refractivity contribution < 1.29 is 13.2 Å². The molecule has 0 bridgehead atoms. The van der Waals surface area contributed by atoms with Gasteiger partial charge in [-0.25, -0.2) is 12.7 Å². The van der Waals surface area contributed by atoms with Gasteiger partial charge in [0.2, 0.25) is 15.9 Å². The summed E-state index contributed by atoms with van der Waals surface area (Å²) in [6.07, 6.45) is 1.09. The number of carbonyl (C=O) groups is 1. The van der Waals surface area contributed by atoms with Crippen molar-refractivity contribution in [3.05, 3.63) is 64.7 Å². The number of aryl methyl sites for hydroxylation is 3. The Morgan fingerprint density at radius 3 is 2.39 bits per heavy atom. The summed E-state index contributed by atoms with van der Waals surface area (Å²) >= 11 is 0. The van der Waals surface area contributed by atoms with E-state index >= 15 is 0 Å². The topological polar surface area (TPSA) is 66.5 Å². The number of benzene rings is 2. The summed E-state index contributed by atoms with van der Waals surface area (Å²) < 4.78 is 27.0. The molecule has 0 aromatic heterocycles. The third-order valence-corrected chi connectivity index (χ3v) is 7.15. The first-order valence-corrected chi connectivity index (χ1v) is 11.3. The molecule has 1 amide bonds. The molecule has 0 atom stereocenters. The van der Waals surface area contributed by atoms with Crippen LogP contribution in [0.15, 0.2) is 42.5 Å². The van der Waals surface area contributed by atoms with Gasteiger partial charge in [0.05, 0.1) is 5.75 Å². The smallest absolute Gasteiger partial charge is 0.227 e. The molecule has 1 N–H and O–H groups in total. The predicted octanol–water partition coefficient (Wildman–Crippen LogP) is 3.79. The number of nitrogens with zero attached hydrogens (tertiary/aromatic N) is 1. The number of hydrogen-bond donors (Lipinski definition) is 1. The molecule has 150 valence electrons. The maximum absolute atomic E-state index is 12.7. The standard InChI is InChI=1S/C22H28N2O3S/c1-16-5-4-6-19(13-16)15-28(26,27)24-11-9-20(10-12-24)22(25)23-21-14-17(2)7-8-18(21)3/h4-8,13-14,20H,9-12,15H2,1-3H3,(H,23,25). The number of amides is 1. The van der Waals surface area contributed by atoms with Gasteiger partial charge >= 0.3 is 0 Å². The molecule has 0 spiro atoms. The Balaban J connectivity index is 1.59. The Bertz CT molecular complexity index is 961. The molecule has 0 saturated carbocycles. The van der Waals surface area contributed by atoms with Gasteiger partial charge in [0.15, 0.2) is 0 Å². The molecule has 3 rings (SSSR count). The minimum Gasteiger partial charge on any atom is -0.326 e. The fourth-order valence-corrected chi connectivity index (χ4v) is 5.16. The van der Waals surface area contributed by atoms with Crippen LogP contribution < -0.4 is 5.32 Å². The summed E-state index contributed by atoms with van der Waals surface area (Å²) in [7, 11) is -3.37. The molecule has 0 unspecified atom stereocenters. The van der Waals surface area contributed by atoms with Crippen molar-refractivity contribution in [1.82, 2.24) is 4.31 Å². The van der Waals surface area contributed by atoms with Gasteiger partial charge in [-0.3, -0.25) is 4.79 Å². The van der Waals surface area contributed by atoms with Gasteiger partial charge in [-0.15, -0.1) is 0 Å². The summed E-state index contributed by atoms with van der Waals surface area (Å²) in [5.74, 6) is -0.177. The zero-order chi connectivity index (χ0) is 20.3. The van der Waals surface area contributed by atoms with E-state index in [1.807, 2.05) is 63.2 Å². The quantitative estimate of drug-likeness (QED) is 0.830. The van der Waals surface area contributed by atoms with Gasteiger partial charge in [0, 0.05) is 24.7 Å². The second-order valence-corrected chi connectivity index (χ2v) is 9.70. The van der Waals surface area contributed by atoms with Gasteiger partial charge in [0.1, 0.15) is 0 Å². The summed E-state index contributed by atoms with van der Waals surface area (Å²) in [5, 5.41) is 3.01. The molecular weight excluding hydrogens is 372 g/mol. The van der Waals surface area contributed by atoms with Crippen molar-refractivity contribution in [2.75, 3.05) is 18.4 Å². The molecular formula is C22H28N2O3S. The van der Waals surface area contributed by atoms with Crippen molar-refractivity contribution in [3.8, 4) is 0 Å². The molecule has 28 heavy (non-hydrogen) atoms. The fraction of sp³-hybridized carbons (Fsp3) is 0.409. The van der Waals surface area contributed by atoms with E-state index in [2.05, 4.69) is 5.32 Å². The van der Waals surface area contributed by atoms with Gasteiger partial charge in [-0.1, -0.05) is 42.0 Å². The highest BCUT2D eigenvalue weighted by molar-refractivity contribution is 7.88. The highest BCUT2D eigenvalue weighted by atomic mass is 32.2. The lowest BCUT2D eigenvalue weighted by atomic mass is 9.97. The van der Waals surface area contributed by atoms with E-state index in [0.29, 0.717) is 25.9 Å². The highest BCUT2D eigenvalue weighted by Crippen LogP contribution is 2.24. The SMILES string of the molecule is Cc1cccc(CS(=O)(=O)N2CCC(C(=O)Nc3cc(C)ccc3C)CC2)c1. The van der Waals surface area contributed by atoms with E-state index < -0.39 is 10.0 Å². The second-order valence-electron chi connectivity index (χ2n) is 7.73. The molecule has 1 fully saturated rings. The predicted molar refractivity (Wildman–Crippen MR) is 113 cm³/mol. The van der Waals surface area contributed by atoms with Crippen molar-refractivity contribution in [1.29, 1.82) is 0 Å². The lowest BCUT2D eigenvalue weighted by Gasteiger charge is -2.30. The summed E-state index contributed by atoms with van der Waals surface area (Å²) in [4.78, 5) is 12.6. The maximum Gasteiger partial charge on any atom is 0.227 e. The number of hydrogen-bond acceptors (Lipinski definition) is 3. The largest absolute Gasteiger partial charge is 0.326 e. The molecule has 1 aliphatic rings. The Labute approximate surface area is 167 Å². The number of rotatable bonds is 5. The van der Waals surface area contributed by atoms with Crippen LogP contribution in [-0.2, 0) is 20.6 Å². The maximum atomic E-state index is 12.7. The van der Waals surface area contributed by atoms with E-state index in [1.165, 1.54) is 4.31 Å². The van der Waals surface area contributed by atoms with Crippen molar-refractivity contribution in [2.45, 2.75) is 39.4 Å². The molecule has 1 saturated heterocycles. The average molecular weight is 401 g/mol. The zero-order valence-corrected chi connectivity index (χ0v) is 17.6. The monoisotopic (exact) mass is 400 g/mol.